The summed E-state index contributed by atoms with van der Waals surface area (Å²) in [6, 6.07) is 5.91. The monoisotopic (exact) mass is 282 g/mol. The van der Waals surface area contributed by atoms with Gasteiger partial charge in [-0.2, -0.15) is 5.10 Å². The molecule has 2 aromatic rings. The van der Waals surface area contributed by atoms with Crippen LogP contribution in [0.25, 0.3) is 0 Å². The van der Waals surface area contributed by atoms with Gasteiger partial charge in [0.2, 0.25) is 0 Å². The Morgan fingerprint density at radius 3 is 2.94 bits per heavy atom. The lowest BCUT2D eigenvalue weighted by molar-refractivity contribution is 0.684. The van der Waals surface area contributed by atoms with Crippen LogP contribution in [0.2, 0.25) is 5.02 Å². The second-order valence-corrected chi connectivity index (χ2v) is 5.25. The van der Waals surface area contributed by atoms with E-state index in [1.807, 2.05) is 25.2 Å². The lowest BCUT2D eigenvalue weighted by Gasteiger charge is -2.09. The van der Waals surface area contributed by atoms with Crippen LogP contribution in [0.3, 0.4) is 0 Å². The molecule has 1 N–H and O–H groups in total. The maximum absolute atomic E-state index is 6.04. The molecule has 0 saturated carbocycles. The van der Waals surface area contributed by atoms with Crippen LogP contribution < -0.4 is 5.32 Å². The summed E-state index contributed by atoms with van der Waals surface area (Å²) in [5, 5.41) is 9.00. The molecule has 0 spiro atoms. The molecule has 0 radical (unpaired) electrons. The van der Waals surface area contributed by atoms with Crippen LogP contribution in [-0.2, 0) is 13.6 Å². The van der Waals surface area contributed by atoms with Gasteiger partial charge in [-0.3, -0.25) is 0 Å². The number of halogens is 1. The number of benzene rings is 1. The van der Waals surface area contributed by atoms with Crippen LogP contribution in [-0.4, -0.2) is 21.3 Å². The Hall–Kier alpha value is -1.04. The van der Waals surface area contributed by atoms with E-state index >= 15 is 0 Å². The molecule has 18 heavy (non-hydrogen) atoms. The molecule has 2 rings (SSSR count). The Bertz CT molecular complexity index is 527. The standard InChI is InChI=1S/C12H15ClN4S/c1-3-14-7-9-6-10(13)4-5-11(9)18-12-15-8-16-17(12)2/h4-6,8,14H,3,7H2,1-2H3. The average molecular weight is 283 g/mol. The van der Waals surface area contributed by atoms with Crippen molar-refractivity contribution in [3.8, 4) is 0 Å². The third-order valence-corrected chi connectivity index (χ3v) is 3.86. The summed E-state index contributed by atoms with van der Waals surface area (Å²) in [6.07, 6.45) is 1.56. The molecule has 0 fully saturated rings. The summed E-state index contributed by atoms with van der Waals surface area (Å²) in [4.78, 5) is 5.37. The smallest absolute Gasteiger partial charge is 0.190 e. The van der Waals surface area contributed by atoms with E-state index in [-0.39, 0.29) is 0 Å². The van der Waals surface area contributed by atoms with Crippen molar-refractivity contribution in [1.82, 2.24) is 20.1 Å². The molecule has 0 atom stereocenters. The zero-order valence-electron chi connectivity index (χ0n) is 10.4. The molecular weight excluding hydrogens is 268 g/mol. The highest BCUT2D eigenvalue weighted by molar-refractivity contribution is 7.99. The molecule has 0 aliphatic carbocycles. The predicted molar refractivity (Wildman–Crippen MR) is 74.0 cm³/mol. The third kappa shape index (κ3) is 3.25. The Morgan fingerprint density at radius 2 is 2.28 bits per heavy atom. The van der Waals surface area contributed by atoms with E-state index in [1.165, 1.54) is 5.56 Å². The van der Waals surface area contributed by atoms with E-state index in [0.717, 1.165) is 28.2 Å². The summed E-state index contributed by atoms with van der Waals surface area (Å²) in [5.74, 6) is 0. The summed E-state index contributed by atoms with van der Waals surface area (Å²) in [6.45, 7) is 3.82. The maximum atomic E-state index is 6.04. The van der Waals surface area contributed by atoms with Crippen LogP contribution in [0.15, 0.2) is 34.6 Å². The molecule has 0 amide bonds. The van der Waals surface area contributed by atoms with Crippen molar-refractivity contribution in [2.24, 2.45) is 7.05 Å². The number of hydrogen-bond donors (Lipinski definition) is 1. The minimum absolute atomic E-state index is 0.755. The van der Waals surface area contributed by atoms with Crippen molar-refractivity contribution in [2.75, 3.05) is 6.54 Å². The first kappa shape index (κ1) is 13.4. The van der Waals surface area contributed by atoms with E-state index in [4.69, 9.17) is 11.6 Å². The molecule has 0 unspecified atom stereocenters. The summed E-state index contributed by atoms with van der Waals surface area (Å²) in [7, 11) is 1.88. The quantitative estimate of drug-likeness (QED) is 0.916. The molecule has 96 valence electrons. The van der Waals surface area contributed by atoms with Gasteiger partial charge < -0.3 is 5.32 Å². The van der Waals surface area contributed by atoms with Crippen molar-refractivity contribution < 1.29 is 0 Å². The number of aromatic nitrogens is 3. The summed E-state index contributed by atoms with van der Waals surface area (Å²) >= 11 is 7.64. The Morgan fingerprint density at radius 1 is 1.44 bits per heavy atom. The topological polar surface area (TPSA) is 42.7 Å². The van der Waals surface area contributed by atoms with Crippen molar-refractivity contribution in [2.45, 2.75) is 23.5 Å². The van der Waals surface area contributed by atoms with Crippen LogP contribution >= 0.6 is 23.4 Å². The van der Waals surface area contributed by atoms with E-state index in [0.29, 0.717) is 0 Å². The zero-order valence-corrected chi connectivity index (χ0v) is 11.9. The van der Waals surface area contributed by atoms with Gasteiger partial charge in [-0.25, -0.2) is 9.67 Å². The van der Waals surface area contributed by atoms with Crippen LogP contribution in [0.1, 0.15) is 12.5 Å². The molecular formula is C12H15ClN4S. The van der Waals surface area contributed by atoms with Gasteiger partial charge >= 0.3 is 0 Å². The molecule has 1 aromatic carbocycles. The highest BCUT2D eigenvalue weighted by Gasteiger charge is 2.08. The first-order valence-electron chi connectivity index (χ1n) is 5.71. The number of rotatable bonds is 5. The second-order valence-electron chi connectivity index (χ2n) is 3.80. The molecule has 0 aliphatic rings. The third-order valence-electron chi connectivity index (χ3n) is 2.46. The summed E-state index contributed by atoms with van der Waals surface area (Å²) in [5.41, 5.74) is 1.18. The maximum Gasteiger partial charge on any atom is 0.190 e. The zero-order chi connectivity index (χ0) is 13.0. The fourth-order valence-electron chi connectivity index (χ4n) is 1.52. The molecule has 1 aromatic heterocycles. The molecule has 6 heteroatoms. The Labute approximate surface area is 116 Å². The normalized spacial score (nSPS) is 10.8. The van der Waals surface area contributed by atoms with Gasteiger partial charge in [0.1, 0.15) is 6.33 Å². The summed E-state index contributed by atoms with van der Waals surface area (Å²) < 4.78 is 1.76. The molecule has 1 heterocycles. The van der Waals surface area contributed by atoms with Gasteiger partial charge in [0.05, 0.1) is 0 Å². The van der Waals surface area contributed by atoms with E-state index in [1.54, 1.807) is 22.8 Å². The lowest BCUT2D eigenvalue weighted by Crippen LogP contribution is -2.12. The number of nitrogens with one attached hydrogen (secondary N) is 1. The number of nitrogens with zero attached hydrogens (tertiary/aromatic N) is 3. The first-order valence-corrected chi connectivity index (χ1v) is 6.91. The Balaban J connectivity index is 2.23. The van der Waals surface area contributed by atoms with Crippen LogP contribution in [0.4, 0.5) is 0 Å². The minimum Gasteiger partial charge on any atom is -0.313 e. The average Bonchev–Trinajstić information content (AvgIpc) is 2.75. The van der Waals surface area contributed by atoms with Crippen molar-refractivity contribution in [3.05, 3.63) is 35.1 Å². The lowest BCUT2D eigenvalue weighted by atomic mass is 10.2. The van der Waals surface area contributed by atoms with E-state index in [9.17, 15) is 0 Å². The van der Waals surface area contributed by atoms with Crippen LogP contribution in [0, 0.1) is 0 Å². The fourth-order valence-corrected chi connectivity index (χ4v) is 2.59. The molecule has 4 nitrogen and oxygen atoms in total. The van der Waals surface area contributed by atoms with Gasteiger partial charge in [-0.1, -0.05) is 18.5 Å². The van der Waals surface area contributed by atoms with Gasteiger partial charge in [0, 0.05) is 23.5 Å². The van der Waals surface area contributed by atoms with Gasteiger partial charge in [0.25, 0.3) is 0 Å². The van der Waals surface area contributed by atoms with E-state index < -0.39 is 0 Å². The van der Waals surface area contributed by atoms with Gasteiger partial charge in [-0.15, -0.1) is 0 Å². The SMILES string of the molecule is CCNCc1cc(Cl)ccc1Sc1ncnn1C. The number of aryl methyl sites for hydroxylation is 1. The first-order chi connectivity index (χ1) is 8.70. The van der Waals surface area contributed by atoms with Crippen molar-refractivity contribution in [3.63, 3.8) is 0 Å². The fraction of sp³-hybridized carbons (Fsp3) is 0.333. The highest BCUT2D eigenvalue weighted by Crippen LogP contribution is 2.30. The second kappa shape index (κ2) is 6.22. The molecule has 0 saturated heterocycles. The van der Waals surface area contributed by atoms with Gasteiger partial charge in [-0.05, 0) is 42.1 Å². The van der Waals surface area contributed by atoms with Crippen molar-refractivity contribution >= 4 is 23.4 Å². The molecule has 0 aliphatic heterocycles. The predicted octanol–water partition coefficient (Wildman–Crippen LogP) is 2.73. The number of hydrogen-bond acceptors (Lipinski definition) is 4. The highest BCUT2D eigenvalue weighted by atomic mass is 35.5. The van der Waals surface area contributed by atoms with Crippen molar-refractivity contribution in [1.29, 1.82) is 0 Å². The Kier molecular flexibility index (Phi) is 4.63. The molecule has 0 bridgehead atoms. The largest absolute Gasteiger partial charge is 0.313 e. The minimum atomic E-state index is 0.755. The van der Waals surface area contributed by atoms with Crippen LogP contribution in [0.5, 0.6) is 0 Å². The van der Waals surface area contributed by atoms with E-state index in [2.05, 4.69) is 22.3 Å². The van der Waals surface area contributed by atoms with Gasteiger partial charge in [0.15, 0.2) is 5.16 Å².